The summed E-state index contributed by atoms with van der Waals surface area (Å²) in [7, 11) is 4.79. The van der Waals surface area contributed by atoms with Gasteiger partial charge < -0.3 is 20.1 Å². The summed E-state index contributed by atoms with van der Waals surface area (Å²) in [6.07, 6.45) is 0. The molecule has 5 nitrogen and oxygen atoms in total. The molecule has 100 valence electrons. The number of likely N-dealkylation sites (N-methyl/N-ethyl adjacent to an activating group) is 1. The first-order valence-electron chi connectivity index (χ1n) is 5.74. The number of ether oxygens (including phenoxy) is 2. The summed E-state index contributed by atoms with van der Waals surface area (Å²) in [4.78, 5) is 11.5. The lowest BCUT2D eigenvalue weighted by atomic mass is 10.1. The predicted molar refractivity (Wildman–Crippen MR) is 71.4 cm³/mol. The van der Waals surface area contributed by atoms with Crippen LogP contribution in [0.5, 0.6) is 11.5 Å². The number of anilines is 1. The van der Waals surface area contributed by atoms with Gasteiger partial charge in [0, 0.05) is 18.8 Å². The van der Waals surface area contributed by atoms with Crippen LogP contribution in [0.1, 0.15) is 12.5 Å². The van der Waals surface area contributed by atoms with Crippen molar-refractivity contribution >= 4 is 11.6 Å². The van der Waals surface area contributed by atoms with Gasteiger partial charge in [-0.15, -0.1) is 0 Å². The van der Waals surface area contributed by atoms with Gasteiger partial charge in [0.1, 0.15) is 6.04 Å². The zero-order chi connectivity index (χ0) is 13.7. The van der Waals surface area contributed by atoms with E-state index in [9.17, 15) is 4.79 Å². The van der Waals surface area contributed by atoms with Crippen LogP contribution in [-0.4, -0.2) is 33.2 Å². The lowest BCUT2D eigenvalue weighted by Gasteiger charge is -2.18. The van der Waals surface area contributed by atoms with Crippen molar-refractivity contribution in [1.82, 2.24) is 5.32 Å². The Kier molecular flexibility index (Phi) is 4.83. The maximum absolute atomic E-state index is 11.5. The van der Waals surface area contributed by atoms with Crippen LogP contribution in [0.15, 0.2) is 12.1 Å². The number of nitrogens with one attached hydrogen (secondary N) is 2. The molecule has 0 aromatic heterocycles. The fraction of sp³-hybridized carbons (Fsp3) is 0.462. The molecule has 0 aliphatic rings. The summed E-state index contributed by atoms with van der Waals surface area (Å²) in [5, 5.41) is 5.74. The quantitative estimate of drug-likeness (QED) is 0.835. The smallest absolute Gasteiger partial charge is 0.241 e. The maximum Gasteiger partial charge on any atom is 0.241 e. The van der Waals surface area contributed by atoms with Crippen LogP contribution in [0.3, 0.4) is 0 Å². The lowest BCUT2D eigenvalue weighted by Crippen LogP contribution is -2.35. The molecule has 5 heteroatoms. The van der Waals surface area contributed by atoms with E-state index in [2.05, 4.69) is 10.6 Å². The molecule has 0 unspecified atom stereocenters. The van der Waals surface area contributed by atoms with Crippen LogP contribution in [0.25, 0.3) is 0 Å². The van der Waals surface area contributed by atoms with Crippen molar-refractivity contribution in [2.75, 3.05) is 26.6 Å². The minimum absolute atomic E-state index is 0.0656. The van der Waals surface area contributed by atoms with Gasteiger partial charge in [-0.25, -0.2) is 0 Å². The average Bonchev–Trinajstić information content (AvgIpc) is 2.39. The molecule has 0 saturated heterocycles. The highest BCUT2D eigenvalue weighted by Crippen LogP contribution is 2.33. The van der Waals surface area contributed by atoms with Gasteiger partial charge in [0.25, 0.3) is 0 Å². The minimum atomic E-state index is -0.313. The second-order valence-electron chi connectivity index (χ2n) is 4.00. The van der Waals surface area contributed by atoms with E-state index in [0.717, 1.165) is 11.3 Å². The first-order chi connectivity index (χ1) is 8.53. The highest BCUT2D eigenvalue weighted by Gasteiger charge is 2.14. The lowest BCUT2D eigenvalue weighted by molar-refractivity contribution is -0.121. The summed E-state index contributed by atoms with van der Waals surface area (Å²) in [5.41, 5.74) is 1.84. The van der Waals surface area contributed by atoms with Gasteiger partial charge in [0.05, 0.1) is 14.2 Å². The Labute approximate surface area is 107 Å². The third-order valence-electron chi connectivity index (χ3n) is 2.74. The number of hydrogen-bond donors (Lipinski definition) is 2. The Morgan fingerprint density at radius 3 is 2.28 bits per heavy atom. The van der Waals surface area contributed by atoms with Gasteiger partial charge in [0.2, 0.25) is 5.91 Å². The van der Waals surface area contributed by atoms with E-state index in [0.29, 0.717) is 11.5 Å². The van der Waals surface area contributed by atoms with Gasteiger partial charge in [0.15, 0.2) is 11.5 Å². The maximum atomic E-state index is 11.5. The monoisotopic (exact) mass is 252 g/mol. The highest BCUT2D eigenvalue weighted by atomic mass is 16.5. The van der Waals surface area contributed by atoms with E-state index in [-0.39, 0.29) is 11.9 Å². The molecule has 0 spiro atoms. The summed E-state index contributed by atoms with van der Waals surface area (Å²) < 4.78 is 10.4. The molecule has 1 aromatic rings. The van der Waals surface area contributed by atoms with Gasteiger partial charge in [-0.2, -0.15) is 0 Å². The van der Waals surface area contributed by atoms with Crippen molar-refractivity contribution in [3.63, 3.8) is 0 Å². The molecule has 0 fully saturated rings. The second kappa shape index (κ2) is 6.14. The molecule has 1 rings (SSSR count). The van der Waals surface area contributed by atoms with Crippen molar-refractivity contribution in [1.29, 1.82) is 0 Å². The molecule has 2 N–H and O–H groups in total. The first kappa shape index (κ1) is 14.2. The Morgan fingerprint density at radius 2 is 1.78 bits per heavy atom. The van der Waals surface area contributed by atoms with E-state index in [1.807, 2.05) is 19.1 Å². The van der Waals surface area contributed by atoms with Crippen LogP contribution < -0.4 is 20.1 Å². The van der Waals surface area contributed by atoms with E-state index in [4.69, 9.17) is 9.47 Å². The zero-order valence-electron chi connectivity index (χ0n) is 11.5. The average molecular weight is 252 g/mol. The van der Waals surface area contributed by atoms with E-state index >= 15 is 0 Å². The number of aryl methyl sites for hydroxylation is 1. The standard InChI is InChI=1S/C13H20N2O3/c1-8-6-11(17-4)12(18-5)7-10(8)15-9(2)13(16)14-3/h6-7,9,15H,1-5H3,(H,14,16)/t9-/m0/s1. The van der Waals surface area contributed by atoms with Crippen molar-refractivity contribution in [3.8, 4) is 11.5 Å². The highest BCUT2D eigenvalue weighted by molar-refractivity contribution is 5.84. The number of rotatable bonds is 5. The molecule has 18 heavy (non-hydrogen) atoms. The number of methoxy groups -OCH3 is 2. The fourth-order valence-corrected chi connectivity index (χ4v) is 1.65. The Balaban J connectivity index is 2.99. The molecule has 1 atom stereocenters. The Bertz CT molecular complexity index is 432. The molecule has 0 aliphatic carbocycles. The number of hydrogen-bond acceptors (Lipinski definition) is 4. The number of carbonyl (C=O) groups excluding carboxylic acids is 1. The molecule has 0 radical (unpaired) electrons. The molecule has 1 aromatic carbocycles. The predicted octanol–water partition coefficient (Wildman–Crippen LogP) is 1.56. The molecular weight excluding hydrogens is 232 g/mol. The topological polar surface area (TPSA) is 59.6 Å². The van der Waals surface area contributed by atoms with Crippen LogP contribution in [0.2, 0.25) is 0 Å². The molecular formula is C13H20N2O3. The SMILES string of the molecule is CNC(=O)[C@H](C)Nc1cc(OC)c(OC)cc1C. The molecule has 1 amide bonds. The molecule has 0 aliphatic heterocycles. The van der Waals surface area contributed by atoms with Gasteiger partial charge in [-0.3, -0.25) is 4.79 Å². The number of benzene rings is 1. The second-order valence-corrected chi connectivity index (χ2v) is 4.00. The number of carbonyl (C=O) groups is 1. The fourth-order valence-electron chi connectivity index (χ4n) is 1.65. The van der Waals surface area contributed by atoms with Gasteiger partial charge in [-0.1, -0.05) is 0 Å². The Morgan fingerprint density at radius 1 is 1.22 bits per heavy atom. The van der Waals surface area contributed by atoms with Crippen molar-refractivity contribution in [3.05, 3.63) is 17.7 Å². The van der Waals surface area contributed by atoms with E-state index in [1.165, 1.54) is 0 Å². The number of amides is 1. The van der Waals surface area contributed by atoms with Gasteiger partial charge >= 0.3 is 0 Å². The van der Waals surface area contributed by atoms with Gasteiger partial charge in [-0.05, 0) is 25.5 Å². The molecule has 0 heterocycles. The van der Waals surface area contributed by atoms with Crippen molar-refractivity contribution < 1.29 is 14.3 Å². The molecule has 0 saturated carbocycles. The van der Waals surface area contributed by atoms with E-state index < -0.39 is 0 Å². The van der Waals surface area contributed by atoms with Crippen LogP contribution >= 0.6 is 0 Å². The van der Waals surface area contributed by atoms with Crippen molar-refractivity contribution in [2.45, 2.75) is 19.9 Å². The van der Waals surface area contributed by atoms with Crippen LogP contribution in [0.4, 0.5) is 5.69 Å². The first-order valence-corrected chi connectivity index (χ1v) is 5.74. The summed E-state index contributed by atoms with van der Waals surface area (Å²) in [6, 6.07) is 3.39. The largest absolute Gasteiger partial charge is 0.493 e. The third kappa shape index (κ3) is 3.06. The van der Waals surface area contributed by atoms with Crippen molar-refractivity contribution in [2.24, 2.45) is 0 Å². The normalized spacial score (nSPS) is 11.6. The summed E-state index contributed by atoms with van der Waals surface area (Å²) >= 11 is 0. The zero-order valence-corrected chi connectivity index (χ0v) is 11.5. The Hall–Kier alpha value is -1.91. The molecule has 0 bridgehead atoms. The minimum Gasteiger partial charge on any atom is -0.493 e. The third-order valence-corrected chi connectivity index (χ3v) is 2.74. The summed E-state index contributed by atoms with van der Waals surface area (Å²) in [6.45, 7) is 3.75. The van der Waals surface area contributed by atoms with Crippen LogP contribution in [-0.2, 0) is 4.79 Å². The summed E-state index contributed by atoms with van der Waals surface area (Å²) in [5.74, 6) is 1.24. The van der Waals surface area contributed by atoms with E-state index in [1.54, 1.807) is 28.2 Å². The van der Waals surface area contributed by atoms with Crippen LogP contribution in [0, 0.1) is 6.92 Å².